The zero-order valence-electron chi connectivity index (χ0n) is 20.5. The molecule has 2 aliphatic rings. The number of benzene rings is 2. The monoisotopic (exact) mass is 507 g/mol. The smallest absolute Gasteiger partial charge is 0.338 e. The van der Waals surface area contributed by atoms with E-state index in [9.17, 15) is 9.59 Å². The summed E-state index contributed by atoms with van der Waals surface area (Å²) >= 11 is 1.43. The second kappa shape index (κ2) is 11.9. The molecule has 0 aliphatic carbocycles. The number of fused-ring (bicyclic) bond motifs is 1. The fraction of sp³-hybridized carbons (Fsp3) is 0.296. The van der Waals surface area contributed by atoms with Crippen LogP contribution in [0.15, 0.2) is 82.0 Å². The summed E-state index contributed by atoms with van der Waals surface area (Å²) in [5, 5.41) is 5.47. The van der Waals surface area contributed by atoms with Crippen LogP contribution in [-0.4, -0.2) is 49.3 Å². The SMILES string of the molecule is COCCNC(=O)CC1=CSC2=NC(C)=C(C(=O)OCc3ccccc3)C(c3cccc(OC)c3)N12. The Hall–Kier alpha value is -3.56. The summed E-state index contributed by atoms with van der Waals surface area (Å²) in [6.07, 6.45) is 0.140. The number of ether oxygens (including phenoxy) is 3. The van der Waals surface area contributed by atoms with Crippen molar-refractivity contribution in [2.75, 3.05) is 27.4 Å². The van der Waals surface area contributed by atoms with Crippen LogP contribution in [0.4, 0.5) is 0 Å². The molecule has 0 bridgehead atoms. The van der Waals surface area contributed by atoms with Gasteiger partial charge in [0.25, 0.3) is 0 Å². The summed E-state index contributed by atoms with van der Waals surface area (Å²) in [7, 11) is 3.19. The predicted octanol–water partition coefficient (Wildman–Crippen LogP) is 4.17. The van der Waals surface area contributed by atoms with Gasteiger partial charge in [-0.25, -0.2) is 9.79 Å². The maximum atomic E-state index is 13.5. The van der Waals surface area contributed by atoms with Crippen LogP contribution in [0.25, 0.3) is 0 Å². The number of aliphatic imine (C=N–C) groups is 1. The number of rotatable bonds is 10. The molecule has 0 saturated carbocycles. The minimum absolute atomic E-state index is 0.135. The number of thioether (sulfide) groups is 1. The number of hydrogen-bond acceptors (Lipinski definition) is 8. The van der Waals surface area contributed by atoms with Gasteiger partial charge in [0.15, 0.2) is 5.17 Å². The highest BCUT2D eigenvalue weighted by Gasteiger charge is 2.41. The van der Waals surface area contributed by atoms with E-state index < -0.39 is 12.0 Å². The Morgan fingerprint density at radius 2 is 1.92 bits per heavy atom. The second-order valence-electron chi connectivity index (χ2n) is 8.25. The first-order chi connectivity index (χ1) is 17.5. The van der Waals surface area contributed by atoms with Gasteiger partial charge in [-0.3, -0.25) is 4.79 Å². The van der Waals surface area contributed by atoms with Crippen molar-refractivity contribution in [2.24, 2.45) is 4.99 Å². The number of allylic oxidation sites excluding steroid dienone is 1. The Balaban J connectivity index is 1.65. The first kappa shape index (κ1) is 25.5. The molecule has 0 aromatic heterocycles. The van der Waals surface area contributed by atoms with Gasteiger partial charge in [0.2, 0.25) is 5.91 Å². The standard InChI is InChI=1S/C27H29N3O5S/c1-18-24(26(32)35-16-19-8-5-4-6-9-19)25(20-10-7-11-22(14-20)34-3)30-21(17-36-27(30)29-18)15-23(31)28-12-13-33-2/h4-11,14,17,25H,12-13,15-16H2,1-3H3,(H,28,31). The van der Waals surface area contributed by atoms with E-state index in [-0.39, 0.29) is 18.9 Å². The molecule has 1 unspecified atom stereocenters. The van der Waals surface area contributed by atoms with E-state index in [1.165, 1.54) is 11.8 Å². The largest absolute Gasteiger partial charge is 0.497 e. The molecule has 2 heterocycles. The quantitative estimate of drug-likeness (QED) is 0.381. The number of nitrogens with zero attached hydrogens (tertiary/aromatic N) is 2. The lowest BCUT2D eigenvalue weighted by Gasteiger charge is -2.36. The third-order valence-corrected chi connectivity index (χ3v) is 6.70. The number of amides is 1. The van der Waals surface area contributed by atoms with Crippen LogP contribution in [0.5, 0.6) is 5.75 Å². The Labute approximate surface area is 215 Å². The Morgan fingerprint density at radius 3 is 2.67 bits per heavy atom. The molecule has 36 heavy (non-hydrogen) atoms. The van der Waals surface area contributed by atoms with Crippen molar-refractivity contribution in [2.45, 2.75) is 26.0 Å². The topological polar surface area (TPSA) is 89.5 Å². The van der Waals surface area contributed by atoms with E-state index >= 15 is 0 Å². The average molecular weight is 508 g/mol. The van der Waals surface area contributed by atoms with E-state index in [4.69, 9.17) is 19.2 Å². The summed E-state index contributed by atoms with van der Waals surface area (Å²) in [6, 6.07) is 16.6. The van der Waals surface area contributed by atoms with Crippen LogP contribution in [-0.2, 0) is 25.7 Å². The van der Waals surface area contributed by atoms with Crippen molar-refractivity contribution in [1.29, 1.82) is 0 Å². The van der Waals surface area contributed by atoms with E-state index in [1.807, 2.05) is 71.8 Å². The van der Waals surface area contributed by atoms with Crippen molar-refractivity contribution < 1.29 is 23.8 Å². The minimum Gasteiger partial charge on any atom is -0.497 e. The predicted molar refractivity (Wildman–Crippen MR) is 139 cm³/mol. The zero-order chi connectivity index (χ0) is 25.5. The number of carbonyl (C=O) groups is 2. The molecular weight excluding hydrogens is 478 g/mol. The Kier molecular flexibility index (Phi) is 8.45. The number of carbonyl (C=O) groups excluding carboxylic acids is 2. The summed E-state index contributed by atoms with van der Waals surface area (Å²) in [6.45, 7) is 2.82. The highest BCUT2D eigenvalue weighted by atomic mass is 32.2. The fourth-order valence-corrected chi connectivity index (χ4v) is 5.04. The molecule has 2 aliphatic heterocycles. The van der Waals surface area contributed by atoms with Gasteiger partial charge >= 0.3 is 5.97 Å². The van der Waals surface area contributed by atoms with Crippen molar-refractivity contribution in [3.63, 3.8) is 0 Å². The summed E-state index contributed by atoms with van der Waals surface area (Å²) in [5.41, 5.74) is 3.49. The maximum Gasteiger partial charge on any atom is 0.338 e. The Morgan fingerprint density at radius 1 is 1.11 bits per heavy atom. The normalized spacial score (nSPS) is 16.8. The summed E-state index contributed by atoms with van der Waals surface area (Å²) in [4.78, 5) is 32.8. The van der Waals surface area contributed by atoms with Gasteiger partial charge in [-0.2, -0.15) is 0 Å². The molecule has 0 radical (unpaired) electrons. The molecule has 2 aromatic carbocycles. The molecule has 0 spiro atoms. The van der Waals surface area contributed by atoms with Crippen molar-refractivity contribution in [1.82, 2.24) is 10.2 Å². The molecule has 0 saturated heterocycles. The Bertz CT molecular complexity index is 1210. The summed E-state index contributed by atoms with van der Waals surface area (Å²) < 4.78 is 16.2. The number of amidine groups is 1. The van der Waals surface area contributed by atoms with E-state index in [2.05, 4.69) is 5.32 Å². The van der Waals surface area contributed by atoms with Crippen molar-refractivity contribution >= 4 is 28.8 Å². The van der Waals surface area contributed by atoms with Crippen LogP contribution in [0.1, 0.15) is 30.5 Å². The van der Waals surface area contributed by atoms with Gasteiger partial charge in [0.05, 0.1) is 37.4 Å². The van der Waals surface area contributed by atoms with Gasteiger partial charge < -0.3 is 24.4 Å². The van der Waals surface area contributed by atoms with Crippen molar-refractivity contribution in [3.8, 4) is 5.75 Å². The van der Waals surface area contributed by atoms with Gasteiger partial charge in [0.1, 0.15) is 12.4 Å². The molecular formula is C27H29N3O5S. The molecule has 4 rings (SSSR count). The van der Waals surface area contributed by atoms with Gasteiger partial charge in [0, 0.05) is 19.4 Å². The van der Waals surface area contributed by atoms with Gasteiger partial charge in [-0.1, -0.05) is 54.2 Å². The lowest BCUT2D eigenvalue weighted by atomic mass is 9.93. The molecule has 188 valence electrons. The number of nitrogens with one attached hydrogen (secondary N) is 1. The van der Waals surface area contributed by atoms with Crippen LogP contribution < -0.4 is 10.1 Å². The van der Waals surface area contributed by atoms with Crippen molar-refractivity contribution in [3.05, 3.63) is 88.1 Å². The number of hydrogen-bond donors (Lipinski definition) is 1. The van der Waals surface area contributed by atoms with Gasteiger partial charge in [-0.05, 0) is 35.6 Å². The van der Waals surface area contributed by atoms with Crippen LogP contribution >= 0.6 is 11.8 Å². The number of esters is 1. The van der Waals surface area contributed by atoms with E-state index in [1.54, 1.807) is 14.2 Å². The van der Waals surface area contributed by atoms with Crippen LogP contribution in [0.3, 0.4) is 0 Å². The molecule has 2 aromatic rings. The highest BCUT2D eigenvalue weighted by Crippen LogP contribution is 2.45. The third-order valence-electron chi connectivity index (χ3n) is 5.81. The average Bonchev–Trinajstić information content (AvgIpc) is 3.28. The van der Waals surface area contributed by atoms with E-state index in [0.717, 1.165) is 16.8 Å². The van der Waals surface area contributed by atoms with Crippen LogP contribution in [0, 0.1) is 0 Å². The first-order valence-corrected chi connectivity index (χ1v) is 12.4. The summed E-state index contributed by atoms with van der Waals surface area (Å²) in [5.74, 6) is 0.0812. The minimum atomic E-state index is -0.524. The third kappa shape index (κ3) is 5.80. The molecule has 0 fully saturated rings. The first-order valence-electron chi connectivity index (χ1n) is 11.6. The zero-order valence-corrected chi connectivity index (χ0v) is 21.3. The lowest BCUT2D eigenvalue weighted by molar-refractivity contribution is -0.141. The second-order valence-corrected chi connectivity index (χ2v) is 9.09. The molecule has 8 nitrogen and oxygen atoms in total. The molecule has 1 atom stereocenters. The van der Waals surface area contributed by atoms with E-state index in [0.29, 0.717) is 35.3 Å². The fourth-order valence-electron chi connectivity index (χ4n) is 4.08. The number of methoxy groups -OCH3 is 2. The lowest BCUT2D eigenvalue weighted by Crippen LogP contribution is -2.38. The highest BCUT2D eigenvalue weighted by molar-refractivity contribution is 8.16. The van der Waals surface area contributed by atoms with Gasteiger partial charge in [-0.15, -0.1) is 0 Å². The van der Waals surface area contributed by atoms with Crippen LogP contribution in [0.2, 0.25) is 0 Å². The molecule has 1 amide bonds. The maximum absolute atomic E-state index is 13.5. The molecule has 9 heteroatoms. The molecule has 1 N–H and O–H groups in total.